The molecule has 0 aliphatic rings. The van der Waals surface area contributed by atoms with Crippen molar-refractivity contribution in [3.8, 4) is 6.07 Å². The lowest BCUT2D eigenvalue weighted by atomic mass is 10.2. The van der Waals surface area contributed by atoms with E-state index in [4.69, 9.17) is 16.9 Å². The molecule has 0 unspecified atom stereocenters. The molecule has 0 saturated carbocycles. The molecule has 2 aromatic rings. The average molecular weight is 274 g/mol. The van der Waals surface area contributed by atoms with Gasteiger partial charge in [-0.15, -0.1) is 0 Å². The fraction of sp³-hybridized carbons (Fsp3) is 0.133. The number of benzene rings is 2. The van der Waals surface area contributed by atoms with Crippen molar-refractivity contribution in [2.24, 2.45) is 0 Å². The van der Waals surface area contributed by atoms with Crippen molar-refractivity contribution in [2.45, 2.75) is 23.6 Å². The molecular weight excluding hydrogens is 262 g/mol. The molecule has 3 heteroatoms. The molecule has 0 amide bonds. The van der Waals surface area contributed by atoms with E-state index in [1.165, 1.54) is 16.0 Å². The van der Waals surface area contributed by atoms with Gasteiger partial charge in [0.1, 0.15) is 6.07 Å². The van der Waals surface area contributed by atoms with Gasteiger partial charge in [0.05, 0.1) is 5.56 Å². The predicted octanol–water partition coefficient (Wildman–Crippen LogP) is 4.98. The van der Waals surface area contributed by atoms with Gasteiger partial charge in [-0.1, -0.05) is 35.5 Å². The zero-order valence-corrected chi connectivity index (χ0v) is 11.8. The second-order valence-electron chi connectivity index (χ2n) is 4.12. The maximum absolute atomic E-state index is 9.12. The molecule has 0 aromatic heterocycles. The standard InChI is InChI=1S/C15H12ClNS/c1-10-3-4-11(2)15(7-10)18-14-6-5-13(16)8-12(14)9-17/h3-8H,1-2H3. The van der Waals surface area contributed by atoms with Crippen LogP contribution in [0.1, 0.15) is 16.7 Å². The van der Waals surface area contributed by atoms with E-state index in [1.807, 2.05) is 12.1 Å². The quantitative estimate of drug-likeness (QED) is 0.770. The third kappa shape index (κ3) is 2.87. The second-order valence-corrected chi connectivity index (χ2v) is 5.64. The SMILES string of the molecule is Cc1ccc(C)c(Sc2ccc(Cl)cc2C#N)c1. The van der Waals surface area contributed by atoms with Crippen molar-refractivity contribution < 1.29 is 0 Å². The summed E-state index contributed by atoms with van der Waals surface area (Å²) in [5.74, 6) is 0. The lowest BCUT2D eigenvalue weighted by molar-refractivity contribution is 1.25. The van der Waals surface area contributed by atoms with Crippen molar-refractivity contribution in [1.82, 2.24) is 0 Å². The van der Waals surface area contributed by atoms with E-state index < -0.39 is 0 Å². The minimum atomic E-state index is 0.594. The molecule has 0 spiro atoms. The largest absolute Gasteiger partial charge is 0.192 e. The van der Waals surface area contributed by atoms with Gasteiger partial charge in [0.2, 0.25) is 0 Å². The van der Waals surface area contributed by atoms with Gasteiger partial charge >= 0.3 is 0 Å². The van der Waals surface area contributed by atoms with Gasteiger partial charge in [0.15, 0.2) is 0 Å². The fourth-order valence-electron chi connectivity index (χ4n) is 1.61. The van der Waals surface area contributed by atoms with Gasteiger partial charge < -0.3 is 0 Å². The van der Waals surface area contributed by atoms with Gasteiger partial charge in [0.25, 0.3) is 0 Å². The number of halogens is 1. The van der Waals surface area contributed by atoms with Crippen LogP contribution in [0.25, 0.3) is 0 Å². The topological polar surface area (TPSA) is 23.8 Å². The summed E-state index contributed by atoms with van der Waals surface area (Å²) < 4.78 is 0. The molecule has 0 radical (unpaired) electrons. The Hall–Kier alpha value is -1.43. The fourth-order valence-corrected chi connectivity index (χ4v) is 2.85. The molecule has 2 aromatic carbocycles. The first-order valence-electron chi connectivity index (χ1n) is 5.55. The highest BCUT2D eigenvalue weighted by Gasteiger charge is 2.07. The number of rotatable bonds is 2. The van der Waals surface area contributed by atoms with Crippen LogP contribution >= 0.6 is 23.4 Å². The first-order valence-corrected chi connectivity index (χ1v) is 6.74. The summed E-state index contributed by atoms with van der Waals surface area (Å²) in [5.41, 5.74) is 3.05. The molecule has 0 fully saturated rings. The first-order chi connectivity index (χ1) is 8.60. The predicted molar refractivity (Wildman–Crippen MR) is 76.2 cm³/mol. The van der Waals surface area contributed by atoms with Crippen LogP contribution in [0, 0.1) is 25.2 Å². The Labute approximate surface area is 116 Å². The van der Waals surface area contributed by atoms with E-state index >= 15 is 0 Å². The lowest BCUT2D eigenvalue weighted by Crippen LogP contribution is -1.85. The van der Waals surface area contributed by atoms with Gasteiger partial charge in [-0.3, -0.25) is 0 Å². The van der Waals surface area contributed by atoms with Crippen LogP contribution in [-0.4, -0.2) is 0 Å². The van der Waals surface area contributed by atoms with Crippen LogP contribution in [0.5, 0.6) is 0 Å². The monoisotopic (exact) mass is 273 g/mol. The van der Waals surface area contributed by atoms with Gasteiger partial charge in [-0.2, -0.15) is 5.26 Å². The third-order valence-corrected chi connectivity index (χ3v) is 4.10. The Morgan fingerprint density at radius 3 is 2.56 bits per heavy atom. The normalized spacial score (nSPS) is 10.1. The van der Waals surface area contributed by atoms with Crippen molar-refractivity contribution >= 4 is 23.4 Å². The van der Waals surface area contributed by atoms with E-state index in [0.29, 0.717) is 10.6 Å². The summed E-state index contributed by atoms with van der Waals surface area (Å²) in [6.07, 6.45) is 0. The Morgan fingerprint density at radius 1 is 1.06 bits per heavy atom. The summed E-state index contributed by atoms with van der Waals surface area (Å²) >= 11 is 7.50. The van der Waals surface area contributed by atoms with Gasteiger partial charge in [0, 0.05) is 14.8 Å². The molecule has 18 heavy (non-hydrogen) atoms. The highest BCUT2D eigenvalue weighted by atomic mass is 35.5. The average Bonchev–Trinajstić information content (AvgIpc) is 2.36. The summed E-state index contributed by atoms with van der Waals surface area (Å²) in [6.45, 7) is 4.14. The Bertz CT molecular complexity index is 629. The number of hydrogen-bond donors (Lipinski definition) is 0. The van der Waals surface area contributed by atoms with Crippen molar-refractivity contribution in [3.63, 3.8) is 0 Å². The third-order valence-electron chi connectivity index (χ3n) is 2.63. The summed E-state index contributed by atoms with van der Waals surface area (Å²) in [6, 6.07) is 13.9. The Morgan fingerprint density at radius 2 is 1.83 bits per heavy atom. The van der Waals surface area contributed by atoms with Crippen molar-refractivity contribution in [2.75, 3.05) is 0 Å². The van der Waals surface area contributed by atoms with Gasteiger partial charge in [-0.05, 0) is 49.2 Å². The molecule has 0 saturated heterocycles. The summed E-state index contributed by atoms with van der Waals surface area (Å²) in [7, 11) is 0. The van der Waals surface area contributed by atoms with Crippen LogP contribution in [0.2, 0.25) is 5.02 Å². The maximum Gasteiger partial charge on any atom is 0.100 e. The Balaban J connectivity index is 2.40. The van der Waals surface area contributed by atoms with Crippen LogP contribution in [0.15, 0.2) is 46.2 Å². The number of aryl methyl sites for hydroxylation is 2. The molecular formula is C15H12ClNS. The number of hydrogen-bond acceptors (Lipinski definition) is 2. The Kier molecular flexibility index (Phi) is 3.96. The molecule has 0 bridgehead atoms. The van der Waals surface area contributed by atoms with Crippen molar-refractivity contribution in [3.05, 3.63) is 58.1 Å². The maximum atomic E-state index is 9.12. The highest BCUT2D eigenvalue weighted by molar-refractivity contribution is 7.99. The number of nitriles is 1. The molecule has 0 heterocycles. The van der Waals surface area contributed by atoms with E-state index in [-0.39, 0.29) is 0 Å². The zero-order valence-electron chi connectivity index (χ0n) is 10.2. The van der Waals surface area contributed by atoms with E-state index in [1.54, 1.807) is 17.8 Å². The minimum absolute atomic E-state index is 0.594. The van der Waals surface area contributed by atoms with Crippen LogP contribution < -0.4 is 0 Å². The van der Waals surface area contributed by atoms with E-state index in [9.17, 15) is 0 Å². The zero-order chi connectivity index (χ0) is 13.1. The van der Waals surface area contributed by atoms with Crippen LogP contribution in [0.3, 0.4) is 0 Å². The van der Waals surface area contributed by atoms with E-state index in [0.717, 1.165) is 4.90 Å². The molecule has 0 aliphatic carbocycles. The molecule has 90 valence electrons. The van der Waals surface area contributed by atoms with Crippen molar-refractivity contribution in [1.29, 1.82) is 5.26 Å². The first kappa shape index (κ1) is 13.0. The minimum Gasteiger partial charge on any atom is -0.192 e. The number of nitrogens with zero attached hydrogens (tertiary/aromatic N) is 1. The van der Waals surface area contributed by atoms with Crippen LogP contribution in [-0.2, 0) is 0 Å². The smallest absolute Gasteiger partial charge is 0.100 e. The summed E-state index contributed by atoms with van der Waals surface area (Å²) in [5, 5.41) is 9.72. The molecule has 0 aliphatic heterocycles. The highest BCUT2D eigenvalue weighted by Crippen LogP contribution is 2.34. The molecule has 0 N–H and O–H groups in total. The second kappa shape index (κ2) is 5.48. The lowest BCUT2D eigenvalue weighted by Gasteiger charge is -2.08. The summed E-state index contributed by atoms with van der Waals surface area (Å²) in [4.78, 5) is 2.12. The van der Waals surface area contributed by atoms with Gasteiger partial charge in [-0.25, -0.2) is 0 Å². The molecule has 0 atom stereocenters. The van der Waals surface area contributed by atoms with Crippen LogP contribution in [0.4, 0.5) is 0 Å². The van der Waals surface area contributed by atoms with E-state index in [2.05, 4.69) is 38.1 Å². The molecule has 1 nitrogen and oxygen atoms in total. The molecule has 2 rings (SSSR count).